The summed E-state index contributed by atoms with van der Waals surface area (Å²) < 4.78 is 0. The van der Waals surface area contributed by atoms with Crippen molar-refractivity contribution in [3.63, 3.8) is 0 Å². The lowest BCUT2D eigenvalue weighted by atomic mass is 10.0. The molecular formula is C8H16O2. The number of hydrogen-bond acceptors (Lipinski definition) is 2. The van der Waals surface area contributed by atoms with Gasteiger partial charge in [0.25, 0.3) is 0 Å². The molecule has 0 aliphatic heterocycles. The first-order valence-electron chi connectivity index (χ1n) is 3.94. The second kappa shape index (κ2) is 2.51. The van der Waals surface area contributed by atoms with Crippen LogP contribution in [-0.4, -0.2) is 22.4 Å². The monoisotopic (exact) mass is 144 g/mol. The van der Waals surface area contributed by atoms with Gasteiger partial charge in [0.1, 0.15) is 0 Å². The summed E-state index contributed by atoms with van der Waals surface area (Å²) in [6, 6.07) is 0. The molecular weight excluding hydrogens is 128 g/mol. The third-order valence-corrected chi connectivity index (χ3v) is 2.60. The van der Waals surface area contributed by atoms with Crippen LogP contribution in [0.15, 0.2) is 0 Å². The Labute approximate surface area is 61.9 Å². The minimum Gasteiger partial charge on any atom is -0.396 e. The zero-order chi connectivity index (χ0) is 7.78. The fourth-order valence-corrected chi connectivity index (χ4v) is 1.55. The predicted octanol–water partition coefficient (Wildman–Crippen LogP) is 0.776. The van der Waals surface area contributed by atoms with Crippen LogP contribution in [0.3, 0.4) is 0 Å². The van der Waals surface area contributed by atoms with Gasteiger partial charge in [-0.05, 0) is 24.7 Å². The van der Waals surface area contributed by atoms with Crippen molar-refractivity contribution in [2.45, 2.75) is 32.3 Å². The normalized spacial score (nSPS) is 38.7. The van der Waals surface area contributed by atoms with Crippen LogP contribution >= 0.6 is 0 Å². The molecule has 1 aliphatic carbocycles. The summed E-state index contributed by atoms with van der Waals surface area (Å²) in [7, 11) is 0. The Hall–Kier alpha value is -0.0800. The highest BCUT2D eigenvalue weighted by atomic mass is 16.3. The summed E-state index contributed by atoms with van der Waals surface area (Å²) in [5.74, 6) is 0.696. The molecule has 0 aromatic heterocycles. The third-order valence-electron chi connectivity index (χ3n) is 2.60. The van der Waals surface area contributed by atoms with E-state index in [1.807, 2.05) is 13.8 Å². The smallest absolute Gasteiger partial charge is 0.0704 e. The molecule has 0 aromatic carbocycles. The van der Waals surface area contributed by atoms with Crippen LogP contribution in [0.4, 0.5) is 0 Å². The molecule has 0 radical (unpaired) electrons. The molecule has 2 heteroatoms. The van der Waals surface area contributed by atoms with Crippen LogP contribution in [0.5, 0.6) is 0 Å². The van der Waals surface area contributed by atoms with Crippen molar-refractivity contribution in [3.05, 3.63) is 0 Å². The van der Waals surface area contributed by atoms with E-state index >= 15 is 0 Å². The third kappa shape index (κ3) is 1.18. The zero-order valence-electron chi connectivity index (χ0n) is 6.67. The predicted molar refractivity (Wildman–Crippen MR) is 39.6 cm³/mol. The lowest BCUT2D eigenvalue weighted by Gasteiger charge is -2.13. The van der Waals surface area contributed by atoms with Gasteiger partial charge in [-0.25, -0.2) is 0 Å². The van der Waals surface area contributed by atoms with E-state index in [9.17, 15) is 5.11 Å². The van der Waals surface area contributed by atoms with E-state index in [4.69, 9.17) is 5.11 Å². The summed E-state index contributed by atoms with van der Waals surface area (Å²) in [6.07, 6.45) is 1.64. The standard InChI is InChI=1S/C8H16O2/c1-6(2)8(10)5-7(8)3-4-9/h6-7,9-10H,3-5H2,1-2H3/t7-,8-/m1/s1. The molecule has 1 rings (SSSR count). The molecule has 1 fully saturated rings. The SMILES string of the molecule is CC(C)[C@]1(O)C[C@H]1CCO. The van der Waals surface area contributed by atoms with Crippen LogP contribution in [0, 0.1) is 11.8 Å². The molecule has 1 saturated carbocycles. The van der Waals surface area contributed by atoms with Crippen molar-refractivity contribution >= 4 is 0 Å². The van der Waals surface area contributed by atoms with Gasteiger partial charge in [0.05, 0.1) is 5.60 Å². The second-order valence-electron chi connectivity index (χ2n) is 3.56. The lowest BCUT2D eigenvalue weighted by molar-refractivity contribution is 0.0761. The number of hydrogen-bond donors (Lipinski definition) is 2. The van der Waals surface area contributed by atoms with Gasteiger partial charge in [0, 0.05) is 6.61 Å². The Kier molecular flexibility index (Phi) is 2.02. The van der Waals surface area contributed by atoms with Gasteiger partial charge >= 0.3 is 0 Å². The molecule has 0 heterocycles. The maximum absolute atomic E-state index is 9.69. The molecule has 10 heavy (non-hydrogen) atoms. The maximum Gasteiger partial charge on any atom is 0.0704 e. The molecule has 0 saturated heterocycles. The highest BCUT2D eigenvalue weighted by molar-refractivity contribution is 5.04. The van der Waals surface area contributed by atoms with Crippen LogP contribution in [-0.2, 0) is 0 Å². The van der Waals surface area contributed by atoms with E-state index in [0.717, 1.165) is 12.8 Å². The van der Waals surface area contributed by atoms with Gasteiger partial charge in [0.2, 0.25) is 0 Å². The second-order valence-corrected chi connectivity index (χ2v) is 3.56. The minimum absolute atomic E-state index is 0.208. The molecule has 2 N–H and O–H groups in total. The number of aliphatic hydroxyl groups is 2. The molecule has 0 amide bonds. The largest absolute Gasteiger partial charge is 0.396 e. The molecule has 60 valence electrons. The van der Waals surface area contributed by atoms with E-state index in [1.54, 1.807) is 0 Å². The van der Waals surface area contributed by atoms with Crippen molar-refractivity contribution in [2.75, 3.05) is 6.61 Å². The fourth-order valence-electron chi connectivity index (χ4n) is 1.55. The van der Waals surface area contributed by atoms with Crippen LogP contribution in [0.1, 0.15) is 26.7 Å². The topological polar surface area (TPSA) is 40.5 Å². The van der Waals surface area contributed by atoms with Crippen molar-refractivity contribution in [3.8, 4) is 0 Å². The first-order chi connectivity index (χ1) is 4.61. The summed E-state index contributed by atoms with van der Waals surface area (Å²) in [6.45, 7) is 4.26. The minimum atomic E-state index is -0.442. The van der Waals surface area contributed by atoms with Gasteiger partial charge in [-0.3, -0.25) is 0 Å². The van der Waals surface area contributed by atoms with Crippen molar-refractivity contribution in [1.29, 1.82) is 0 Å². The van der Waals surface area contributed by atoms with Gasteiger partial charge in [-0.15, -0.1) is 0 Å². The van der Waals surface area contributed by atoms with Gasteiger partial charge in [0.15, 0.2) is 0 Å². The Morgan fingerprint density at radius 2 is 2.20 bits per heavy atom. The Morgan fingerprint density at radius 1 is 1.60 bits per heavy atom. The molecule has 2 atom stereocenters. The first kappa shape index (κ1) is 8.02. The summed E-state index contributed by atoms with van der Waals surface area (Å²) in [5.41, 5.74) is -0.442. The zero-order valence-corrected chi connectivity index (χ0v) is 6.67. The summed E-state index contributed by atoms with van der Waals surface area (Å²) >= 11 is 0. The van der Waals surface area contributed by atoms with Gasteiger partial charge in [-0.1, -0.05) is 13.8 Å². The summed E-state index contributed by atoms with van der Waals surface area (Å²) in [4.78, 5) is 0. The number of aliphatic hydroxyl groups excluding tert-OH is 1. The van der Waals surface area contributed by atoms with Gasteiger partial charge in [-0.2, -0.15) is 0 Å². The molecule has 2 nitrogen and oxygen atoms in total. The van der Waals surface area contributed by atoms with Gasteiger partial charge < -0.3 is 10.2 Å². The van der Waals surface area contributed by atoms with Crippen molar-refractivity contribution in [1.82, 2.24) is 0 Å². The first-order valence-corrected chi connectivity index (χ1v) is 3.94. The Bertz CT molecular complexity index is 122. The molecule has 0 aromatic rings. The number of rotatable bonds is 3. The molecule has 1 aliphatic rings. The molecule has 0 bridgehead atoms. The fraction of sp³-hybridized carbons (Fsp3) is 1.00. The Balaban J connectivity index is 2.33. The van der Waals surface area contributed by atoms with E-state index in [2.05, 4.69) is 0 Å². The quantitative estimate of drug-likeness (QED) is 0.614. The average molecular weight is 144 g/mol. The van der Waals surface area contributed by atoms with E-state index < -0.39 is 5.60 Å². The van der Waals surface area contributed by atoms with Crippen molar-refractivity contribution < 1.29 is 10.2 Å². The van der Waals surface area contributed by atoms with Crippen LogP contribution in [0.2, 0.25) is 0 Å². The van der Waals surface area contributed by atoms with Crippen molar-refractivity contribution in [2.24, 2.45) is 11.8 Å². The van der Waals surface area contributed by atoms with Crippen LogP contribution < -0.4 is 0 Å². The lowest BCUT2D eigenvalue weighted by Crippen LogP contribution is -2.19. The van der Waals surface area contributed by atoms with E-state index in [0.29, 0.717) is 11.8 Å². The highest BCUT2D eigenvalue weighted by Crippen LogP contribution is 2.50. The Morgan fingerprint density at radius 3 is 2.50 bits per heavy atom. The molecule has 0 unspecified atom stereocenters. The summed E-state index contributed by atoms with van der Waals surface area (Å²) in [5, 5.41) is 18.3. The van der Waals surface area contributed by atoms with Crippen LogP contribution in [0.25, 0.3) is 0 Å². The maximum atomic E-state index is 9.69. The van der Waals surface area contributed by atoms with E-state index in [-0.39, 0.29) is 6.61 Å². The highest BCUT2D eigenvalue weighted by Gasteiger charge is 2.53. The average Bonchev–Trinajstić information content (AvgIpc) is 2.45. The molecule has 0 spiro atoms. The van der Waals surface area contributed by atoms with E-state index in [1.165, 1.54) is 0 Å².